The van der Waals surface area contributed by atoms with Gasteiger partial charge in [-0.3, -0.25) is 9.59 Å². The zero-order valence-electron chi connectivity index (χ0n) is 32.1. The molecule has 48 heavy (non-hydrogen) atoms. The quantitative estimate of drug-likeness (QED) is 0.139. The molecule has 0 amide bonds. The second-order valence-corrected chi connectivity index (χ2v) is 16.1. The van der Waals surface area contributed by atoms with Crippen molar-refractivity contribution in [3.8, 4) is 0 Å². The lowest BCUT2D eigenvalue weighted by Crippen LogP contribution is -2.66. The Hall–Kier alpha value is -1.63. The van der Waals surface area contributed by atoms with Gasteiger partial charge in [0.1, 0.15) is 12.4 Å². The fraction of sp³-hybridized carbons (Fsp3) is 0.919. The van der Waals surface area contributed by atoms with Crippen LogP contribution in [0.4, 0.5) is 0 Å². The van der Waals surface area contributed by atoms with Gasteiger partial charge in [0.2, 0.25) is 0 Å². The number of carboxylic acids is 1. The summed E-state index contributed by atoms with van der Waals surface area (Å²) in [4.78, 5) is 38.3. The number of aldehydes is 1. The Labute approximate surface area is 290 Å². The van der Waals surface area contributed by atoms with Crippen molar-refractivity contribution in [2.75, 3.05) is 21.2 Å². The monoisotopic (exact) mass is 685 g/mol. The molecule has 2 rings (SSSR count). The molecule has 2 fully saturated rings. The summed E-state index contributed by atoms with van der Waals surface area (Å²) < 4.78 is 38.7. The van der Waals surface area contributed by atoms with E-state index in [4.69, 9.17) is 28.4 Å². The maximum absolute atomic E-state index is 12.7. The molecule has 0 spiro atoms. The van der Waals surface area contributed by atoms with Crippen LogP contribution < -0.4 is 0 Å². The molecule has 0 aromatic heterocycles. The van der Waals surface area contributed by atoms with Crippen molar-refractivity contribution >= 4 is 18.2 Å². The summed E-state index contributed by atoms with van der Waals surface area (Å²) >= 11 is 0. The van der Waals surface area contributed by atoms with E-state index in [2.05, 4.69) is 41.5 Å². The smallest absolute Gasteiger partial charge is 0.303 e. The van der Waals surface area contributed by atoms with Crippen LogP contribution in [0.15, 0.2) is 0 Å². The number of methoxy groups -OCH3 is 1. The van der Waals surface area contributed by atoms with E-state index < -0.39 is 67.0 Å². The van der Waals surface area contributed by atoms with E-state index in [0.29, 0.717) is 18.8 Å². The molecule has 11 nitrogen and oxygen atoms in total. The third-order valence-electron chi connectivity index (χ3n) is 10.9. The van der Waals surface area contributed by atoms with Crippen molar-refractivity contribution in [2.24, 2.45) is 40.9 Å². The summed E-state index contributed by atoms with van der Waals surface area (Å²) in [7, 11) is 5.39. The highest BCUT2D eigenvalue weighted by Gasteiger charge is 2.52. The second kappa shape index (κ2) is 18.6. The molecule has 2 saturated heterocycles. The third kappa shape index (κ3) is 11.5. The van der Waals surface area contributed by atoms with E-state index in [0.717, 1.165) is 12.7 Å². The summed E-state index contributed by atoms with van der Waals surface area (Å²) in [5.41, 5.74) is -0.00537. The molecule has 0 aliphatic carbocycles. The standard InChI is InChI=1S/C37H67NO10/c1-20(2)15-28(16-21(3)23(5)19-39)34(32(43-14)22(4)17-29(41)42)48-36-35(46-27(9)40)31(38(12)13)33(26(8)45-36)47-30-18-37(10,11)24(6)25(7)44-30/h19-26,28,30-36H,15-18H2,1-14H3,(H,41,42)/t21-,22-,23+,24?,25-,26+,28+,30+,31?,32+,33?,34+,35?,36+/m1/s1. The van der Waals surface area contributed by atoms with E-state index in [1.54, 1.807) is 7.11 Å². The number of esters is 1. The van der Waals surface area contributed by atoms with Crippen molar-refractivity contribution in [3.63, 3.8) is 0 Å². The predicted molar refractivity (Wildman–Crippen MR) is 183 cm³/mol. The Morgan fingerprint density at radius 1 is 0.958 bits per heavy atom. The number of carboxylic acid groups (broad SMARTS) is 1. The Morgan fingerprint density at radius 3 is 2.06 bits per heavy atom. The molecule has 280 valence electrons. The molecule has 4 unspecified atom stereocenters. The number of ether oxygens (including phenoxy) is 6. The summed E-state index contributed by atoms with van der Waals surface area (Å²) in [6.07, 6.45) is -1.66. The molecule has 11 heteroatoms. The number of hydrogen-bond acceptors (Lipinski definition) is 10. The van der Waals surface area contributed by atoms with Crippen LogP contribution in [-0.2, 0) is 42.8 Å². The molecule has 2 aliphatic heterocycles. The molecular formula is C37H67NO10. The number of rotatable bonds is 18. The summed E-state index contributed by atoms with van der Waals surface area (Å²) in [5.74, 6) is -1.45. The van der Waals surface area contributed by atoms with E-state index in [9.17, 15) is 19.5 Å². The zero-order valence-corrected chi connectivity index (χ0v) is 32.1. The van der Waals surface area contributed by atoms with Crippen LogP contribution in [0.2, 0.25) is 0 Å². The molecular weight excluding hydrogens is 618 g/mol. The average Bonchev–Trinajstić information content (AvgIpc) is 2.95. The van der Waals surface area contributed by atoms with Gasteiger partial charge in [-0.1, -0.05) is 55.4 Å². The lowest BCUT2D eigenvalue weighted by Gasteiger charge is -2.51. The number of aliphatic carboxylic acids is 1. The van der Waals surface area contributed by atoms with Crippen LogP contribution in [0.3, 0.4) is 0 Å². The number of likely N-dealkylation sites (N-methyl/N-ethyl adjacent to an activating group) is 1. The first-order valence-electron chi connectivity index (χ1n) is 17.9. The zero-order chi connectivity index (χ0) is 36.7. The second-order valence-electron chi connectivity index (χ2n) is 16.1. The maximum Gasteiger partial charge on any atom is 0.303 e. The van der Waals surface area contributed by atoms with E-state index in [1.807, 2.05) is 46.7 Å². The van der Waals surface area contributed by atoms with Crippen molar-refractivity contribution in [1.82, 2.24) is 4.90 Å². The molecule has 2 aliphatic rings. The number of hydrogen-bond donors (Lipinski definition) is 1. The molecule has 2 heterocycles. The minimum atomic E-state index is -1.01. The fourth-order valence-electron chi connectivity index (χ4n) is 7.60. The Balaban J connectivity index is 2.59. The topological polar surface area (TPSA) is 130 Å². The van der Waals surface area contributed by atoms with Gasteiger partial charge in [0.15, 0.2) is 18.7 Å². The van der Waals surface area contributed by atoms with Gasteiger partial charge in [0.05, 0.1) is 36.9 Å². The first kappa shape index (κ1) is 42.5. The normalized spacial score (nSPS) is 33.0. The summed E-state index contributed by atoms with van der Waals surface area (Å²) in [5, 5.41) is 9.72. The summed E-state index contributed by atoms with van der Waals surface area (Å²) in [6.45, 7) is 22.1. The van der Waals surface area contributed by atoms with Crippen LogP contribution in [0.1, 0.15) is 102 Å². The van der Waals surface area contributed by atoms with Crippen molar-refractivity contribution in [2.45, 2.75) is 157 Å². The van der Waals surface area contributed by atoms with E-state index in [1.165, 1.54) is 6.92 Å². The maximum atomic E-state index is 12.7. The predicted octanol–water partition coefficient (Wildman–Crippen LogP) is 5.81. The molecule has 0 aromatic carbocycles. The lowest BCUT2D eigenvalue weighted by molar-refractivity contribution is -0.338. The number of carbonyl (C=O) groups is 3. The van der Waals surface area contributed by atoms with Gasteiger partial charge in [-0.2, -0.15) is 0 Å². The molecule has 0 radical (unpaired) electrons. The third-order valence-corrected chi connectivity index (χ3v) is 10.9. The van der Waals surface area contributed by atoms with Crippen LogP contribution in [0.25, 0.3) is 0 Å². The highest BCUT2D eigenvalue weighted by atomic mass is 16.7. The van der Waals surface area contributed by atoms with Crippen molar-refractivity contribution in [3.05, 3.63) is 0 Å². The minimum absolute atomic E-state index is 0.00142. The van der Waals surface area contributed by atoms with Gasteiger partial charge >= 0.3 is 11.9 Å². The Morgan fingerprint density at radius 2 is 1.58 bits per heavy atom. The van der Waals surface area contributed by atoms with Gasteiger partial charge < -0.3 is 43.2 Å². The Bertz CT molecular complexity index is 1020. The Kier molecular flexibility index (Phi) is 16.4. The van der Waals surface area contributed by atoms with Crippen molar-refractivity contribution in [1.29, 1.82) is 0 Å². The van der Waals surface area contributed by atoms with Crippen LogP contribution >= 0.6 is 0 Å². The van der Waals surface area contributed by atoms with Crippen molar-refractivity contribution < 1.29 is 47.9 Å². The van der Waals surface area contributed by atoms with Gasteiger partial charge in [-0.05, 0) is 75.8 Å². The van der Waals surface area contributed by atoms with Crippen LogP contribution in [-0.4, -0.2) is 105 Å². The minimum Gasteiger partial charge on any atom is -0.481 e. The summed E-state index contributed by atoms with van der Waals surface area (Å²) in [6, 6.07) is -0.459. The van der Waals surface area contributed by atoms with E-state index >= 15 is 0 Å². The SMILES string of the molecule is CO[C@H]([C@@H](O[C@@H]1O[C@@H](C)C(O[C@H]2CC(C)(C)C(C)[C@@H](C)O2)C(N(C)C)C1OC(C)=O)[C@@H](CC(C)C)C[C@@H](C)[C@@H](C)C=O)[C@H](C)CC(=O)O. The highest BCUT2D eigenvalue weighted by Crippen LogP contribution is 2.43. The molecule has 0 bridgehead atoms. The molecule has 14 atom stereocenters. The first-order chi connectivity index (χ1) is 22.2. The number of nitrogens with zero attached hydrogens (tertiary/aromatic N) is 1. The largest absolute Gasteiger partial charge is 0.481 e. The van der Waals surface area contributed by atoms with Gasteiger partial charge in [0.25, 0.3) is 0 Å². The molecule has 1 N–H and O–H groups in total. The number of carbonyl (C=O) groups excluding carboxylic acids is 2. The lowest BCUT2D eigenvalue weighted by atomic mass is 9.73. The van der Waals surface area contributed by atoms with E-state index in [-0.39, 0.29) is 41.6 Å². The van der Waals surface area contributed by atoms with Gasteiger partial charge in [-0.15, -0.1) is 0 Å². The molecule has 0 saturated carbocycles. The average molecular weight is 686 g/mol. The fourth-order valence-corrected chi connectivity index (χ4v) is 7.60. The van der Waals surface area contributed by atoms with Crippen LogP contribution in [0, 0.1) is 40.9 Å². The highest BCUT2D eigenvalue weighted by molar-refractivity contribution is 5.67. The van der Waals surface area contributed by atoms with Gasteiger partial charge in [0, 0.05) is 26.4 Å². The molecule has 0 aromatic rings. The van der Waals surface area contributed by atoms with Crippen LogP contribution in [0.5, 0.6) is 0 Å². The first-order valence-corrected chi connectivity index (χ1v) is 17.9. The van der Waals surface area contributed by atoms with Gasteiger partial charge in [-0.25, -0.2) is 0 Å².